The van der Waals surface area contributed by atoms with Crippen LogP contribution in [-0.2, 0) is 6.42 Å². The lowest BCUT2D eigenvalue weighted by molar-refractivity contribution is 0.230. The molecule has 2 rings (SSSR count). The van der Waals surface area contributed by atoms with E-state index in [0.29, 0.717) is 18.1 Å². The zero-order chi connectivity index (χ0) is 15.9. The van der Waals surface area contributed by atoms with Crippen LogP contribution in [0.2, 0.25) is 0 Å². The maximum Gasteiger partial charge on any atom is 0.250 e. The van der Waals surface area contributed by atoms with E-state index in [0.717, 1.165) is 11.3 Å². The minimum atomic E-state index is -0.281. The highest BCUT2D eigenvalue weighted by atomic mass is 35.5. The Morgan fingerprint density at radius 3 is 2.61 bits per heavy atom. The summed E-state index contributed by atoms with van der Waals surface area (Å²) < 4.78 is 10.3. The van der Waals surface area contributed by atoms with Gasteiger partial charge in [0.15, 0.2) is 5.82 Å². The number of aliphatic hydroxyl groups is 1. The zero-order valence-corrected chi connectivity index (χ0v) is 14.0. The lowest BCUT2D eigenvalue weighted by atomic mass is 10.00. The monoisotopic (exact) mass is 339 g/mol. The molecule has 0 aliphatic carbocycles. The average Bonchev–Trinajstić information content (AvgIpc) is 3.00. The van der Waals surface area contributed by atoms with Crippen molar-refractivity contribution in [3.8, 4) is 5.75 Å². The molecule has 0 spiro atoms. The number of rotatable bonds is 7. The lowest BCUT2D eigenvalue weighted by Gasteiger charge is -2.14. The number of nitrogens with two attached hydrogens (primary N) is 1. The molecule has 0 saturated heterocycles. The molecule has 7 heteroatoms. The molecular formula is C16H22ClN3O3. The summed E-state index contributed by atoms with van der Waals surface area (Å²) in [6.07, 6.45) is 4.22. The smallest absolute Gasteiger partial charge is 0.250 e. The van der Waals surface area contributed by atoms with Gasteiger partial charge in [-0.1, -0.05) is 24.2 Å². The summed E-state index contributed by atoms with van der Waals surface area (Å²) in [5.41, 5.74) is 6.78. The fourth-order valence-electron chi connectivity index (χ4n) is 1.92. The van der Waals surface area contributed by atoms with Gasteiger partial charge in [0.25, 0.3) is 5.89 Å². The number of hydrogen-bond acceptors (Lipinski definition) is 6. The first-order valence-electron chi connectivity index (χ1n) is 7.13. The third kappa shape index (κ3) is 5.67. The second-order valence-electron chi connectivity index (χ2n) is 5.18. The van der Waals surface area contributed by atoms with Gasteiger partial charge in [0, 0.05) is 18.5 Å². The number of aliphatic hydroxyl groups excluding tert-OH is 1. The average molecular weight is 340 g/mol. The number of ether oxygens (including phenoxy) is 1. The molecule has 0 amide bonds. The van der Waals surface area contributed by atoms with Crippen LogP contribution in [0.4, 0.5) is 0 Å². The van der Waals surface area contributed by atoms with Gasteiger partial charge in [-0.05, 0) is 29.7 Å². The maximum absolute atomic E-state index is 9.03. The Labute approximate surface area is 141 Å². The van der Waals surface area contributed by atoms with E-state index < -0.39 is 0 Å². The summed E-state index contributed by atoms with van der Waals surface area (Å²) in [6, 6.07) is 7.37. The molecule has 2 unspecified atom stereocenters. The summed E-state index contributed by atoms with van der Waals surface area (Å²) in [4.78, 5) is 4.29. The Hall–Kier alpha value is -1.89. The van der Waals surface area contributed by atoms with E-state index in [9.17, 15) is 0 Å². The molecule has 1 heterocycles. The van der Waals surface area contributed by atoms with E-state index in [4.69, 9.17) is 20.1 Å². The summed E-state index contributed by atoms with van der Waals surface area (Å²) in [6.45, 7) is 1.90. The number of methoxy groups -OCH3 is 1. The van der Waals surface area contributed by atoms with Crippen LogP contribution in [0.25, 0.3) is 12.2 Å². The second-order valence-corrected chi connectivity index (χ2v) is 5.18. The molecule has 0 fully saturated rings. The summed E-state index contributed by atoms with van der Waals surface area (Å²) >= 11 is 0. The van der Waals surface area contributed by atoms with Gasteiger partial charge in [0.1, 0.15) is 5.75 Å². The largest absolute Gasteiger partial charge is 0.497 e. The van der Waals surface area contributed by atoms with E-state index in [1.807, 2.05) is 37.3 Å². The molecule has 0 aliphatic rings. The van der Waals surface area contributed by atoms with Crippen LogP contribution in [0.1, 0.15) is 24.2 Å². The highest BCUT2D eigenvalue weighted by Gasteiger charge is 2.15. The highest BCUT2D eigenvalue weighted by molar-refractivity contribution is 5.85. The van der Waals surface area contributed by atoms with Crippen molar-refractivity contribution >= 4 is 24.6 Å². The van der Waals surface area contributed by atoms with Crippen LogP contribution < -0.4 is 10.5 Å². The van der Waals surface area contributed by atoms with Crippen LogP contribution in [0.3, 0.4) is 0 Å². The van der Waals surface area contributed by atoms with Gasteiger partial charge in [-0.25, -0.2) is 0 Å². The van der Waals surface area contributed by atoms with Crippen LogP contribution >= 0.6 is 12.4 Å². The minimum absolute atomic E-state index is 0. The third-order valence-electron chi connectivity index (χ3n) is 3.46. The van der Waals surface area contributed by atoms with Crippen molar-refractivity contribution in [3.63, 3.8) is 0 Å². The molecular weight excluding hydrogens is 318 g/mol. The van der Waals surface area contributed by atoms with Gasteiger partial charge < -0.3 is 20.1 Å². The molecule has 3 N–H and O–H groups in total. The molecule has 6 nitrogen and oxygen atoms in total. The number of nitrogens with zero attached hydrogens (tertiary/aromatic N) is 2. The van der Waals surface area contributed by atoms with Crippen LogP contribution in [0, 0.1) is 5.92 Å². The summed E-state index contributed by atoms with van der Waals surface area (Å²) in [7, 11) is 1.63. The van der Waals surface area contributed by atoms with Crippen LogP contribution in [0.15, 0.2) is 28.8 Å². The number of halogens is 1. The van der Waals surface area contributed by atoms with Gasteiger partial charge in [0.2, 0.25) is 0 Å². The Morgan fingerprint density at radius 2 is 2.00 bits per heavy atom. The Balaban J connectivity index is 0.00000264. The fraction of sp³-hybridized carbons (Fsp3) is 0.375. The van der Waals surface area contributed by atoms with E-state index in [1.165, 1.54) is 0 Å². The first kappa shape index (κ1) is 19.2. The molecule has 0 aliphatic heterocycles. The van der Waals surface area contributed by atoms with E-state index >= 15 is 0 Å². The van der Waals surface area contributed by atoms with Crippen molar-refractivity contribution in [1.82, 2.24) is 10.1 Å². The van der Waals surface area contributed by atoms with Crippen molar-refractivity contribution in [3.05, 3.63) is 41.5 Å². The Morgan fingerprint density at radius 1 is 1.30 bits per heavy atom. The first-order chi connectivity index (χ1) is 10.6. The fourth-order valence-corrected chi connectivity index (χ4v) is 1.92. The van der Waals surface area contributed by atoms with Crippen LogP contribution in [0.5, 0.6) is 5.75 Å². The van der Waals surface area contributed by atoms with Crippen molar-refractivity contribution in [2.45, 2.75) is 19.4 Å². The topological polar surface area (TPSA) is 94.4 Å². The summed E-state index contributed by atoms with van der Waals surface area (Å²) in [5.74, 6) is 1.92. The molecule has 23 heavy (non-hydrogen) atoms. The van der Waals surface area contributed by atoms with Gasteiger partial charge in [-0.3, -0.25) is 0 Å². The van der Waals surface area contributed by atoms with E-state index in [-0.39, 0.29) is 31.0 Å². The molecule has 2 atom stereocenters. The summed E-state index contributed by atoms with van der Waals surface area (Å²) in [5, 5.41) is 12.9. The highest BCUT2D eigenvalue weighted by Crippen LogP contribution is 2.14. The van der Waals surface area contributed by atoms with Gasteiger partial charge >= 0.3 is 0 Å². The number of benzene rings is 1. The van der Waals surface area contributed by atoms with E-state index in [1.54, 1.807) is 13.2 Å². The predicted octanol–water partition coefficient (Wildman–Crippen LogP) is 2.17. The quantitative estimate of drug-likeness (QED) is 0.802. The van der Waals surface area contributed by atoms with Gasteiger partial charge in [0.05, 0.1) is 13.7 Å². The molecule has 2 aromatic rings. The lowest BCUT2D eigenvalue weighted by Crippen LogP contribution is -2.33. The minimum Gasteiger partial charge on any atom is -0.497 e. The second kappa shape index (κ2) is 9.29. The van der Waals surface area contributed by atoms with Crippen molar-refractivity contribution in [1.29, 1.82) is 0 Å². The number of hydrogen-bond donors (Lipinski definition) is 2. The standard InChI is InChI=1S/C16H21N3O3.ClH/c1-11(14(17)10-20)9-15-18-16(22-19-15)8-5-12-3-6-13(21-2)7-4-12;/h3-8,11,14,20H,9-10,17H2,1-2H3;1H. The molecule has 126 valence electrons. The normalized spacial score (nSPS) is 13.6. The molecule has 0 saturated carbocycles. The van der Waals surface area contributed by atoms with Crippen molar-refractivity contribution in [2.75, 3.05) is 13.7 Å². The van der Waals surface area contributed by atoms with E-state index in [2.05, 4.69) is 10.1 Å². The molecule has 0 bridgehead atoms. The van der Waals surface area contributed by atoms with Gasteiger partial charge in [-0.2, -0.15) is 4.98 Å². The SMILES string of the molecule is COc1ccc(C=Cc2nc(CC(C)C(N)CO)no2)cc1.Cl. The maximum atomic E-state index is 9.03. The van der Waals surface area contributed by atoms with Crippen LogP contribution in [-0.4, -0.2) is 35.0 Å². The molecule has 1 aromatic carbocycles. The number of aromatic nitrogens is 2. The zero-order valence-electron chi connectivity index (χ0n) is 13.2. The third-order valence-corrected chi connectivity index (χ3v) is 3.46. The molecule has 0 radical (unpaired) electrons. The van der Waals surface area contributed by atoms with Crippen molar-refractivity contribution in [2.24, 2.45) is 11.7 Å². The Bertz CT molecular complexity index is 613. The Kier molecular flexibility index (Phi) is 7.74. The first-order valence-corrected chi connectivity index (χ1v) is 7.13. The molecule has 1 aromatic heterocycles. The van der Waals surface area contributed by atoms with Crippen molar-refractivity contribution < 1.29 is 14.4 Å². The predicted molar refractivity (Wildman–Crippen MR) is 91.4 cm³/mol. The van der Waals surface area contributed by atoms with Gasteiger partial charge in [-0.15, -0.1) is 12.4 Å².